The van der Waals surface area contributed by atoms with Gasteiger partial charge >= 0.3 is 11.8 Å². The van der Waals surface area contributed by atoms with Crippen molar-refractivity contribution in [2.24, 2.45) is 11.0 Å². The third-order valence-electron chi connectivity index (χ3n) is 5.18. The van der Waals surface area contributed by atoms with Gasteiger partial charge in [-0.15, -0.1) is 0 Å². The SMILES string of the molecule is Cc1ccc(CN(Cc2ccc(/C=N/NC(=O)C(=O)NCC(C)C)o2)S(=O)(=O)c2ccc(Cl)cc2)cc1. The topological polar surface area (TPSA) is 121 Å². The first-order chi connectivity index (χ1) is 17.5. The van der Waals surface area contributed by atoms with Crippen molar-refractivity contribution in [3.8, 4) is 0 Å². The Morgan fingerprint density at radius 2 is 1.68 bits per heavy atom. The van der Waals surface area contributed by atoms with E-state index >= 15 is 0 Å². The highest BCUT2D eigenvalue weighted by molar-refractivity contribution is 7.89. The van der Waals surface area contributed by atoms with Gasteiger partial charge in [0.1, 0.15) is 11.5 Å². The molecule has 1 heterocycles. The van der Waals surface area contributed by atoms with E-state index in [9.17, 15) is 18.0 Å². The summed E-state index contributed by atoms with van der Waals surface area (Å²) < 4.78 is 33.9. The second-order valence-electron chi connectivity index (χ2n) is 8.82. The summed E-state index contributed by atoms with van der Waals surface area (Å²) in [7, 11) is -3.88. The van der Waals surface area contributed by atoms with Gasteiger partial charge in [-0.05, 0) is 54.8 Å². The molecule has 37 heavy (non-hydrogen) atoms. The molecule has 0 saturated carbocycles. The fourth-order valence-electron chi connectivity index (χ4n) is 3.18. The fraction of sp³-hybridized carbons (Fsp3) is 0.269. The number of aryl methyl sites for hydroxylation is 1. The molecule has 0 aliphatic heterocycles. The number of nitrogens with zero attached hydrogens (tertiary/aromatic N) is 2. The van der Waals surface area contributed by atoms with Gasteiger partial charge in [-0.25, -0.2) is 13.8 Å². The average Bonchev–Trinajstić information content (AvgIpc) is 3.30. The van der Waals surface area contributed by atoms with Gasteiger partial charge in [0, 0.05) is 18.1 Å². The van der Waals surface area contributed by atoms with Crippen LogP contribution in [0.5, 0.6) is 0 Å². The third kappa shape index (κ3) is 8.28. The second kappa shape index (κ2) is 12.7. The Hall–Kier alpha value is -3.47. The summed E-state index contributed by atoms with van der Waals surface area (Å²) in [5, 5.41) is 6.66. The largest absolute Gasteiger partial charge is 0.459 e. The van der Waals surface area contributed by atoms with Crippen LogP contribution in [0.3, 0.4) is 0 Å². The highest BCUT2D eigenvalue weighted by Crippen LogP contribution is 2.23. The van der Waals surface area contributed by atoms with Gasteiger partial charge in [-0.2, -0.15) is 9.41 Å². The fourth-order valence-corrected chi connectivity index (χ4v) is 4.70. The van der Waals surface area contributed by atoms with Crippen molar-refractivity contribution in [2.75, 3.05) is 6.54 Å². The van der Waals surface area contributed by atoms with Crippen molar-refractivity contribution in [2.45, 2.75) is 38.8 Å². The lowest BCUT2D eigenvalue weighted by molar-refractivity contribution is -0.139. The maximum absolute atomic E-state index is 13.5. The summed E-state index contributed by atoms with van der Waals surface area (Å²) in [4.78, 5) is 23.6. The number of carbonyl (C=O) groups excluding carboxylic acids is 2. The van der Waals surface area contributed by atoms with Crippen LogP contribution in [0.1, 0.15) is 36.5 Å². The van der Waals surface area contributed by atoms with Crippen molar-refractivity contribution in [1.82, 2.24) is 15.0 Å². The van der Waals surface area contributed by atoms with Crippen LogP contribution < -0.4 is 10.7 Å². The van der Waals surface area contributed by atoms with Crippen LogP contribution in [-0.2, 0) is 32.7 Å². The number of furan rings is 1. The zero-order valence-corrected chi connectivity index (χ0v) is 22.3. The number of hydrazone groups is 1. The molecule has 0 aliphatic rings. The van der Waals surface area contributed by atoms with Gasteiger partial charge in [0.15, 0.2) is 0 Å². The minimum absolute atomic E-state index is 0.0450. The number of nitrogens with one attached hydrogen (secondary N) is 2. The molecule has 3 aromatic rings. The van der Waals surface area contributed by atoms with E-state index in [-0.39, 0.29) is 29.7 Å². The first-order valence-electron chi connectivity index (χ1n) is 11.6. The van der Waals surface area contributed by atoms with E-state index in [0.29, 0.717) is 17.3 Å². The van der Waals surface area contributed by atoms with E-state index < -0.39 is 21.8 Å². The molecule has 0 unspecified atom stereocenters. The number of halogens is 1. The lowest BCUT2D eigenvalue weighted by Crippen LogP contribution is -2.39. The van der Waals surface area contributed by atoms with Gasteiger partial charge in [0.2, 0.25) is 10.0 Å². The number of sulfonamides is 1. The molecule has 0 spiro atoms. The highest BCUT2D eigenvalue weighted by Gasteiger charge is 2.26. The molecule has 2 amide bonds. The van der Waals surface area contributed by atoms with E-state index in [2.05, 4.69) is 15.8 Å². The normalized spacial score (nSPS) is 11.8. The standard InChI is InChI=1S/C26H29ClN4O5S/c1-18(2)14-28-25(32)26(33)30-29-15-22-10-11-23(36-22)17-31(16-20-6-4-19(3)5-7-20)37(34,35)24-12-8-21(27)9-13-24/h4-13,15,18H,14,16-17H2,1-3H3,(H,28,32)(H,30,33)/b29-15+. The molecule has 0 aliphatic carbocycles. The molecule has 11 heteroatoms. The molecular formula is C26H29ClN4O5S. The number of hydrogen-bond donors (Lipinski definition) is 2. The summed E-state index contributed by atoms with van der Waals surface area (Å²) in [5.74, 6) is -0.841. The van der Waals surface area contributed by atoms with Crippen LogP contribution in [0.15, 0.2) is 75.1 Å². The average molecular weight is 545 g/mol. The van der Waals surface area contributed by atoms with Gasteiger partial charge in [-0.1, -0.05) is 55.3 Å². The van der Waals surface area contributed by atoms with Crippen molar-refractivity contribution in [3.63, 3.8) is 0 Å². The van der Waals surface area contributed by atoms with Gasteiger partial charge in [0.25, 0.3) is 0 Å². The molecule has 196 valence electrons. The Balaban J connectivity index is 1.74. The summed E-state index contributed by atoms with van der Waals surface area (Å²) in [6.07, 6.45) is 1.23. The lowest BCUT2D eigenvalue weighted by atomic mass is 10.1. The minimum Gasteiger partial charge on any atom is -0.459 e. The first kappa shape index (κ1) is 28.1. The monoisotopic (exact) mass is 544 g/mol. The van der Waals surface area contributed by atoms with Crippen LogP contribution in [0.4, 0.5) is 0 Å². The number of hydrogen-bond acceptors (Lipinski definition) is 6. The van der Waals surface area contributed by atoms with Crippen LogP contribution in [-0.4, -0.2) is 37.3 Å². The molecule has 1 aromatic heterocycles. The zero-order valence-electron chi connectivity index (χ0n) is 20.8. The Morgan fingerprint density at radius 3 is 2.32 bits per heavy atom. The van der Waals surface area contributed by atoms with Crippen molar-refractivity contribution in [1.29, 1.82) is 0 Å². The smallest absolute Gasteiger partial charge is 0.329 e. The number of benzene rings is 2. The van der Waals surface area contributed by atoms with Crippen LogP contribution >= 0.6 is 11.6 Å². The Bertz CT molecular complexity index is 1350. The van der Waals surface area contributed by atoms with E-state index in [1.807, 2.05) is 45.0 Å². The van der Waals surface area contributed by atoms with E-state index in [0.717, 1.165) is 11.1 Å². The van der Waals surface area contributed by atoms with Gasteiger partial charge in [0.05, 0.1) is 17.7 Å². The van der Waals surface area contributed by atoms with Gasteiger partial charge in [-0.3, -0.25) is 9.59 Å². The summed E-state index contributed by atoms with van der Waals surface area (Å²) in [6, 6.07) is 16.8. The quantitative estimate of drug-likeness (QED) is 0.228. The summed E-state index contributed by atoms with van der Waals surface area (Å²) in [5.41, 5.74) is 4.01. The first-order valence-corrected chi connectivity index (χ1v) is 13.4. The third-order valence-corrected chi connectivity index (χ3v) is 7.24. The second-order valence-corrected chi connectivity index (χ2v) is 11.2. The zero-order chi connectivity index (χ0) is 27.0. The Kier molecular flexibility index (Phi) is 9.62. The maximum atomic E-state index is 13.5. The predicted molar refractivity (Wildman–Crippen MR) is 141 cm³/mol. The van der Waals surface area contributed by atoms with Crippen molar-refractivity contribution >= 4 is 39.7 Å². The molecular weight excluding hydrogens is 516 g/mol. The highest BCUT2D eigenvalue weighted by atomic mass is 35.5. The van der Waals surface area contributed by atoms with Crippen LogP contribution in [0.25, 0.3) is 0 Å². The van der Waals surface area contributed by atoms with Crippen LogP contribution in [0.2, 0.25) is 5.02 Å². The lowest BCUT2D eigenvalue weighted by Gasteiger charge is -2.21. The molecule has 0 bridgehead atoms. The number of carbonyl (C=O) groups is 2. The molecule has 0 saturated heterocycles. The van der Waals surface area contributed by atoms with Crippen LogP contribution in [0, 0.1) is 12.8 Å². The molecule has 3 rings (SSSR count). The van der Waals surface area contributed by atoms with E-state index in [4.69, 9.17) is 16.0 Å². The van der Waals surface area contributed by atoms with Gasteiger partial charge < -0.3 is 9.73 Å². The summed E-state index contributed by atoms with van der Waals surface area (Å²) >= 11 is 5.94. The minimum atomic E-state index is -3.88. The van der Waals surface area contributed by atoms with E-state index in [1.165, 1.54) is 34.8 Å². The molecule has 0 radical (unpaired) electrons. The molecule has 9 nitrogen and oxygen atoms in total. The Labute approximate surface area is 221 Å². The predicted octanol–water partition coefficient (Wildman–Crippen LogP) is 3.85. The maximum Gasteiger partial charge on any atom is 0.329 e. The number of rotatable bonds is 10. The molecule has 0 fully saturated rings. The van der Waals surface area contributed by atoms with Crippen molar-refractivity contribution in [3.05, 3.63) is 88.3 Å². The van der Waals surface area contributed by atoms with Crippen molar-refractivity contribution < 1.29 is 22.4 Å². The molecule has 0 atom stereocenters. The molecule has 2 aromatic carbocycles. The Morgan fingerprint density at radius 1 is 1.00 bits per heavy atom. The number of amides is 2. The summed E-state index contributed by atoms with van der Waals surface area (Å²) in [6.45, 7) is 6.22. The molecule has 2 N–H and O–H groups in total. The van der Waals surface area contributed by atoms with E-state index in [1.54, 1.807) is 12.1 Å².